The second kappa shape index (κ2) is 9.83. The van der Waals surface area contributed by atoms with E-state index in [1.807, 2.05) is 32.0 Å². The molecule has 5 heteroatoms. The molecule has 0 aliphatic carbocycles. The van der Waals surface area contributed by atoms with Crippen LogP contribution in [0.15, 0.2) is 48.5 Å². The number of amides is 1. The van der Waals surface area contributed by atoms with Crippen molar-refractivity contribution in [3.8, 4) is 17.6 Å². The quantitative estimate of drug-likeness (QED) is 0.597. The van der Waals surface area contributed by atoms with Crippen molar-refractivity contribution in [2.75, 3.05) is 11.9 Å². The van der Waals surface area contributed by atoms with Crippen LogP contribution < -0.4 is 10.1 Å². The molecule has 2 N–H and O–H groups in total. The van der Waals surface area contributed by atoms with Crippen LogP contribution in [0.1, 0.15) is 34.8 Å². The fraction of sp³-hybridized carbons (Fsp3) is 0.182. The Morgan fingerprint density at radius 1 is 1.19 bits per heavy atom. The van der Waals surface area contributed by atoms with Gasteiger partial charge in [0.25, 0.3) is 0 Å². The van der Waals surface area contributed by atoms with E-state index in [0.29, 0.717) is 12.4 Å². The zero-order valence-corrected chi connectivity index (χ0v) is 15.3. The standard InChI is InChI=1S/C22H21NO4/c1-3-4-7-14-27-20-15-17(11-10-16(20)2)12-13-21(24)23-19-9-6-5-8-18(19)22(25)26/h5-6,8-13,15H,3,14H2,1-2H3,(H,23,24)(H,25,26)/b13-12+. The molecule has 0 radical (unpaired) electrons. The fourth-order valence-electron chi connectivity index (χ4n) is 2.29. The number of carbonyl (C=O) groups is 2. The first-order valence-corrected chi connectivity index (χ1v) is 8.51. The van der Waals surface area contributed by atoms with Gasteiger partial charge in [0.2, 0.25) is 5.91 Å². The summed E-state index contributed by atoms with van der Waals surface area (Å²) in [5, 5.41) is 11.7. The highest BCUT2D eigenvalue weighted by Crippen LogP contribution is 2.20. The van der Waals surface area contributed by atoms with Crippen LogP contribution in [0.5, 0.6) is 5.75 Å². The summed E-state index contributed by atoms with van der Waals surface area (Å²) in [6.07, 6.45) is 3.78. The summed E-state index contributed by atoms with van der Waals surface area (Å²) < 4.78 is 5.65. The van der Waals surface area contributed by atoms with Crippen molar-refractivity contribution in [2.24, 2.45) is 0 Å². The summed E-state index contributed by atoms with van der Waals surface area (Å²) in [5.41, 5.74) is 2.06. The largest absolute Gasteiger partial charge is 0.481 e. The van der Waals surface area contributed by atoms with E-state index < -0.39 is 11.9 Å². The average Bonchev–Trinajstić information content (AvgIpc) is 2.65. The van der Waals surface area contributed by atoms with Gasteiger partial charge >= 0.3 is 5.97 Å². The number of hydrogen-bond acceptors (Lipinski definition) is 3. The van der Waals surface area contributed by atoms with Crippen molar-refractivity contribution in [2.45, 2.75) is 20.3 Å². The van der Waals surface area contributed by atoms with Crippen molar-refractivity contribution in [3.63, 3.8) is 0 Å². The van der Waals surface area contributed by atoms with Crippen molar-refractivity contribution >= 4 is 23.6 Å². The minimum absolute atomic E-state index is 0.0402. The molecule has 5 nitrogen and oxygen atoms in total. The maximum absolute atomic E-state index is 12.1. The van der Waals surface area contributed by atoms with Gasteiger partial charge in [-0.1, -0.05) is 37.1 Å². The van der Waals surface area contributed by atoms with E-state index in [1.165, 1.54) is 12.1 Å². The van der Waals surface area contributed by atoms with E-state index in [-0.39, 0.29) is 11.3 Å². The zero-order valence-electron chi connectivity index (χ0n) is 15.3. The molecule has 0 spiro atoms. The lowest BCUT2D eigenvalue weighted by molar-refractivity contribution is -0.111. The van der Waals surface area contributed by atoms with E-state index in [0.717, 1.165) is 17.5 Å². The van der Waals surface area contributed by atoms with E-state index >= 15 is 0 Å². The zero-order chi connectivity index (χ0) is 19.6. The number of nitrogens with one attached hydrogen (secondary N) is 1. The molecule has 0 fully saturated rings. The second-order valence-electron chi connectivity index (χ2n) is 5.69. The summed E-state index contributed by atoms with van der Waals surface area (Å²) in [6, 6.07) is 11.9. The van der Waals surface area contributed by atoms with Crippen LogP contribution in [0.25, 0.3) is 6.08 Å². The van der Waals surface area contributed by atoms with E-state index in [9.17, 15) is 9.59 Å². The number of para-hydroxylation sites is 1. The number of hydrogen-bond donors (Lipinski definition) is 2. The Kier molecular flexibility index (Phi) is 7.21. The number of carboxylic acid groups (broad SMARTS) is 1. The molecule has 0 aliphatic heterocycles. The van der Waals surface area contributed by atoms with Crippen molar-refractivity contribution in [1.29, 1.82) is 0 Å². The molecule has 0 unspecified atom stereocenters. The Bertz CT molecular complexity index is 919. The lowest BCUT2D eigenvalue weighted by atomic mass is 10.1. The maximum Gasteiger partial charge on any atom is 0.337 e. The lowest BCUT2D eigenvalue weighted by Crippen LogP contribution is -2.11. The van der Waals surface area contributed by atoms with Crippen LogP contribution in [0.2, 0.25) is 0 Å². The molecule has 138 valence electrons. The van der Waals surface area contributed by atoms with Crippen molar-refractivity contribution in [3.05, 3.63) is 65.2 Å². The smallest absolute Gasteiger partial charge is 0.337 e. The topological polar surface area (TPSA) is 75.6 Å². The van der Waals surface area contributed by atoms with Gasteiger partial charge in [-0.15, -0.1) is 5.92 Å². The number of benzene rings is 2. The van der Waals surface area contributed by atoms with Crippen LogP contribution in [0.4, 0.5) is 5.69 Å². The molecular weight excluding hydrogens is 342 g/mol. The van der Waals surface area contributed by atoms with Crippen molar-refractivity contribution < 1.29 is 19.4 Å². The molecule has 1 amide bonds. The summed E-state index contributed by atoms with van der Waals surface area (Å²) in [5.74, 6) is 5.06. The molecule has 2 aromatic carbocycles. The fourth-order valence-corrected chi connectivity index (χ4v) is 2.29. The summed E-state index contributed by atoms with van der Waals surface area (Å²) in [4.78, 5) is 23.3. The van der Waals surface area contributed by atoms with E-state index in [1.54, 1.807) is 24.3 Å². The highest BCUT2D eigenvalue weighted by atomic mass is 16.5. The van der Waals surface area contributed by atoms with Crippen LogP contribution in [0, 0.1) is 18.8 Å². The average molecular weight is 363 g/mol. The summed E-state index contributed by atoms with van der Waals surface area (Å²) >= 11 is 0. The lowest BCUT2D eigenvalue weighted by Gasteiger charge is -2.07. The Hall–Kier alpha value is -3.52. The molecule has 0 heterocycles. The third-order valence-electron chi connectivity index (χ3n) is 3.66. The first-order chi connectivity index (χ1) is 13.0. The van der Waals surface area contributed by atoms with Crippen molar-refractivity contribution in [1.82, 2.24) is 0 Å². The number of carboxylic acids is 1. The van der Waals surface area contributed by atoms with Crippen LogP contribution in [-0.4, -0.2) is 23.6 Å². The number of ether oxygens (including phenoxy) is 1. The number of rotatable bonds is 6. The van der Waals surface area contributed by atoms with Crippen LogP contribution in [-0.2, 0) is 4.79 Å². The molecule has 0 bridgehead atoms. The minimum atomic E-state index is -1.10. The number of anilines is 1. The molecule has 27 heavy (non-hydrogen) atoms. The first-order valence-electron chi connectivity index (χ1n) is 8.51. The van der Waals surface area contributed by atoms with Gasteiger partial charge in [0.05, 0.1) is 11.3 Å². The van der Waals surface area contributed by atoms with Gasteiger partial charge in [-0.25, -0.2) is 4.79 Å². The molecule has 0 aliphatic rings. The predicted octanol–water partition coefficient (Wildman–Crippen LogP) is 4.14. The Morgan fingerprint density at radius 2 is 1.96 bits per heavy atom. The normalized spacial score (nSPS) is 10.1. The van der Waals surface area contributed by atoms with Crippen LogP contribution >= 0.6 is 0 Å². The Morgan fingerprint density at radius 3 is 2.70 bits per heavy atom. The predicted molar refractivity (Wildman–Crippen MR) is 106 cm³/mol. The number of aryl methyl sites for hydroxylation is 1. The third kappa shape index (κ3) is 6.05. The molecule has 0 aromatic heterocycles. The van der Waals surface area contributed by atoms with Gasteiger partial charge in [-0.05, 0) is 42.3 Å². The minimum Gasteiger partial charge on any atom is -0.481 e. The first kappa shape index (κ1) is 19.8. The second-order valence-corrected chi connectivity index (χ2v) is 5.69. The van der Waals surface area contributed by atoms with E-state index in [4.69, 9.17) is 9.84 Å². The summed E-state index contributed by atoms with van der Waals surface area (Å²) in [6.45, 7) is 4.23. The molecule has 2 aromatic rings. The molecule has 0 saturated carbocycles. The Labute approximate surface area is 158 Å². The highest BCUT2D eigenvalue weighted by molar-refractivity contribution is 6.06. The number of aromatic carboxylic acids is 1. The van der Waals surface area contributed by atoms with Gasteiger partial charge in [0.15, 0.2) is 0 Å². The Balaban J connectivity index is 2.07. The van der Waals surface area contributed by atoms with Gasteiger partial charge in [0, 0.05) is 12.5 Å². The highest BCUT2D eigenvalue weighted by Gasteiger charge is 2.10. The SMILES string of the molecule is CCC#CCOc1cc(/C=C/C(=O)Nc2ccccc2C(=O)O)ccc1C. The van der Waals surface area contributed by atoms with Gasteiger partial charge in [0.1, 0.15) is 12.4 Å². The molecular formula is C22H21NO4. The maximum atomic E-state index is 12.1. The molecule has 0 atom stereocenters. The monoisotopic (exact) mass is 363 g/mol. The van der Waals surface area contributed by atoms with Gasteiger partial charge < -0.3 is 15.2 Å². The van der Waals surface area contributed by atoms with E-state index in [2.05, 4.69) is 17.2 Å². The molecule has 0 saturated heterocycles. The third-order valence-corrected chi connectivity index (χ3v) is 3.66. The van der Waals surface area contributed by atoms with Crippen LogP contribution in [0.3, 0.4) is 0 Å². The van der Waals surface area contributed by atoms with Gasteiger partial charge in [-0.3, -0.25) is 4.79 Å². The number of carbonyl (C=O) groups excluding carboxylic acids is 1. The van der Waals surface area contributed by atoms with Gasteiger partial charge in [-0.2, -0.15) is 0 Å². The molecule has 2 rings (SSSR count). The summed E-state index contributed by atoms with van der Waals surface area (Å²) in [7, 11) is 0.